The number of ether oxygens (including phenoxy) is 3. The third kappa shape index (κ3) is 6.78. The summed E-state index contributed by atoms with van der Waals surface area (Å²) < 4.78 is 16.6. The molecule has 1 amide bonds. The molecule has 0 unspecified atom stereocenters. The van der Waals surface area contributed by atoms with Gasteiger partial charge in [-0.05, 0) is 43.3 Å². The van der Waals surface area contributed by atoms with Crippen LogP contribution in [0.4, 0.5) is 5.69 Å². The van der Waals surface area contributed by atoms with Crippen LogP contribution in [0.3, 0.4) is 0 Å². The molecule has 0 aromatic heterocycles. The highest BCUT2D eigenvalue weighted by atomic mass is 16.5. The van der Waals surface area contributed by atoms with Gasteiger partial charge in [0.25, 0.3) is 5.91 Å². The minimum absolute atomic E-state index is 0.0451. The van der Waals surface area contributed by atoms with Crippen molar-refractivity contribution in [2.45, 2.75) is 6.92 Å². The molecule has 0 heterocycles. The van der Waals surface area contributed by atoms with E-state index in [0.717, 1.165) is 11.3 Å². The minimum atomic E-state index is -1.16. The number of benzene rings is 3. The summed E-state index contributed by atoms with van der Waals surface area (Å²) in [5, 5.41) is 12.0. The lowest BCUT2D eigenvalue weighted by atomic mass is 10.1. The fraction of sp³-hybridized carbons (Fsp3) is 0.167. The Morgan fingerprint density at radius 3 is 2.10 bits per heavy atom. The van der Waals surface area contributed by atoms with Crippen molar-refractivity contribution in [3.05, 3.63) is 83.9 Å². The highest BCUT2D eigenvalue weighted by Gasteiger charge is 2.14. The first kappa shape index (κ1) is 21.7. The zero-order chi connectivity index (χ0) is 22.1. The number of anilines is 1. The molecule has 3 rings (SSSR count). The molecule has 0 atom stereocenters. The summed E-state index contributed by atoms with van der Waals surface area (Å²) in [6.07, 6.45) is 0. The van der Waals surface area contributed by atoms with Crippen molar-refractivity contribution in [1.82, 2.24) is 0 Å². The number of hydrogen-bond acceptors (Lipinski definition) is 5. The standard InChI is InChI=1S/C24H23NO6/c1-17-7-9-19(10-8-17)29-13-14-30-20-11-12-21(24(27)28)22(15-20)25-23(26)16-31-18-5-3-2-4-6-18/h2-12,15H,13-14,16H2,1H3,(H,25,26)(H,27,28). The minimum Gasteiger partial charge on any atom is -0.490 e. The van der Waals surface area contributed by atoms with Crippen LogP contribution < -0.4 is 19.5 Å². The number of rotatable bonds is 10. The molecule has 3 aromatic carbocycles. The summed E-state index contributed by atoms with van der Waals surface area (Å²) in [6.45, 7) is 2.32. The normalized spacial score (nSPS) is 10.2. The number of carbonyl (C=O) groups is 2. The Bertz CT molecular complexity index is 1020. The molecule has 0 aliphatic rings. The van der Waals surface area contributed by atoms with Crippen molar-refractivity contribution >= 4 is 17.6 Å². The second-order valence-electron chi connectivity index (χ2n) is 6.67. The smallest absolute Gasteiger partial charge is 0.337 e. The van der Waals surface area contributed by atoms with Gasteiger partial charge in [-0.2, -0.15) is 0 Å². The second-order valence-corrected chi connectivity index (χ2v) is 6.67. The fourth-order valence-corrected chi connectivity index (χ4v) is 2.71. The van der Waals surface area contributed by atoms with E-state index in [1.165, 1.54) is 18.2 Å². The number of para-hydroxylation sites is 1. The van der Waals surface area contributed by atoms with E-state index in [4.69, 9.17) is 14.2 Å². The Morgan fingerprint density at radius 2 is 1.42 bits per heavy atom. The third-order valence-corrected chi connectivity index (χ3v) is 4.25. The van der Waals surface area contributed by atoms with Crippen LogP contribution in [0.25, 0.3) is 0 Å². The molecular formula is C24H23NO6. The first-order valence-electron chi connectivity index (χ1n) is 9.68. The van der Waals surface area contributed by atoms with Crippen LogP contribution in [0.1, 0.15) is 15.9 Å². The Morgan fingerprint density at radius 1 is 0.806 bits per heavy atom. The van der Waals surface area contributed by atoms with Gasteiger partial charge in [-0.1, -0.05) is 35.9 Å². The number of aryl methyl sites for hydroxylation is 1. The maximum atomic E-state index is 12.2. The summed E-state index contributed by atoms with van der Waals surface area (Å²) in [4.78, 5) is 23.7. The zero-order valence-corrected chi connectivity index (χ0v) is 17.0. The van der Waals surface area contributed by atoms with Crippen LogP contribution in [-0.2, 0) is 4.79 Å². The van der Waals surface area contributed by atoms with Gasteiger partial charge < -0.3 is 24.6 Å². The van der Waals surface area contributed by atoms with E-state index in [2.05, 4.69) is 5.32 Å². The van der Waals surface area contributed by atoms with Crippen molar-refractivity contribution in [3.8, 4) is 17.2 Å². The lowest BCUT2D eigenvalue weighted by molar-refractivity contribution is -0.118. The van der Waals surface area contributed by atoms with Crippen molar-refractivity contribution < 1.29 is 28.9 Å². The maximum absolute atomic E-state index is 12.2. The highest BCUT2D eigenvalue weighted by molar-refractivity contribution is 6.01. The van der Waals surface area contributed by atoms with E-state index < -0.39 is 11.9 Å². The van der Waals surface area contributed by atoms with Gasteiger partial charge >= 0.3 is 5.97 Å². The van der Waals surface area contributed by atoms with E-state index in [0.29, 0.717) is 18.1 Å². The topological polar surface area (TPSA) is 94.1 Å². The Balaban J connectivity index is 1.55. The lowest BCUT2D eigenvalue weighted by Gasteiger charge is -2.13. The Labute approximate surface area is 180 Å². The largest absolute Gasteiger partial charge is 0.490 e. The van der Waals surface area contributed by atoms with Crippen molar-refractivity contribution in [2.75, 3.05) is 25.1 Å². The monoisotopic (exact) mass is 421 g/mol. The second kappa shape index (κ2) is 10.7. The van der Waals surface area contributed by atoms with E-state index in [1.54, 1.807) is 24.3 Å². The third-order valence-electron chi connectivity index (χ3n) is 4.25. The molecule has 0 saturated carbocycles. The molecule has 7 nitrogen and oxygen atoms in total. The van der Waals surface area contributed by atoms with Gasteiger partial charge in [0.1, 0.15) is 30.5 Å². The van der Waals surface area contributed by atoms with Gasteiger partial charge in [0.15, 0.2) is 6.61 Å². The average Bonchev–Trinajstić information content (AvgIpc) is 2.77. The molecule has 0 bridgehead atoms. The molecule has 7 heteroatoms. The molecule has 31 heavy (non-hydrogen) atoms. The van der Waals surface area contributed by atoms with Crippen molar-refractivity contribution in [2.24, 2.45) is 0 Å². The average molecular weight is 421 g/mol. The van der Waals surface area contributed by atoms with Gasteiger partial charge in [-0.25, -0.2) is 4.79 Å². The van der Waals surface area contributed by atoms with Crippen molar-refractivity contribution in [3.63, 3.8) is 0 Å². The summed E-state index contributed by atoms with van der Waals surface area (Å²) in [6, 6.07) is 20.9. The number of aromatic carboxylic acids is 1. The molecule has 0 radical (unpaired) electrons. The summed E-state index contributed by atoms with van der Waals surface area (Å²) in [5.74, 6) is 0.0556. The number of hydrogen-bond donors (Lipinski definition) is 2. The first-order chi connectivity index (χ1) is 15.0. The summed E-state index contributed by atoms with van der Waals surface area (Å²) in [7, 11) is 0. The number of amides is 1. The molecule has 3 aromatic rings. The van der Waals surface area contributed by atoms with Crippen molar-refractivity contribution in [1.29, 1.82) is 0 Å². The van der Waals surface area contributed by atoms with E-state index in [9.17, 15) is 14.7 Å². The molecular weight excluding hydrogens is 398 g/mol. The Hall–Kier alpha value is -4.00. The number of carboxylic acids is 1. The van der Waals surface area contributed by atoms with Crippen LogP contribution in [0.5, 0.6) is 17.2 Å². The lowest BCUT2D eigenvalue weighted by Crippen LogP contribution is -2.21. The molecule has 160 valence electrons. The van der Waals surface area contributed by atoms with E-state index in [-0.39, 0.29) is 24.5 Å². The van der Waals surface area contributed by atoms with Crippen LogP contribution in [-0.4, -0.2) is 36.8 Å². The van der Waals surface area contributed by atoms with Crippen LogP contribution in [0, 0.1) is 6.92 Å². The molecule has 0 saturated heterocycles. The zero-order valence-electron chi connectivity index (χ0n) is 17.0. The van der Waals surface area contributed by atoms with Crippen LogP contribution >= 0.6 is 0 Å². The molecule has 0 aliphatic heterocycles. The van der Waals surface area contributed by atoms with Gasteiger partial charge in [-0.15, -0.1) is 0 Å². The molecule has 0 fully saturated rings. The number of carbonyl (C=O) groups excluding carboxylic acids is 1. The Kier molecular flexibility index (Phi) is 7.48. The van der Waals surface area contributed by atoms with E-state index in [1.807, 2.05) is 37.3 Å². The predicted octanol–water partition coefficient (Wildman–Crippen LogP) is 4.17. The van der Waals surface area contributed by atoms with Gasteiger partial charge in [0, 0.05) is 6.07 Å². The SMILES string of the molecule is Cc1ccc(OCCOc2ccc(C(=O)O)c(NC(=O)COc3ccccc3)c2)cc1. The number of carboxylic acid groups (broad SMARTS) is 1. The first-order valence-corrected chi connectivity index (χ1v) is 9.68. The summed E-state index contributed by atoms with van der Waals surface area (Å²) >= 11 is 0. The molecule has 0 spiro atoms. The maximum Gasteiger partial charge on any atom is 0.337 e. The predicted molar refractivity (Wildman–Crippen MR) is 116 cm³/mol. The summed E-state index contributed by atoms with van der Waals surface area (Å²) in [5.41, 5.74) is 1.23. The quantitative estimate of drug-likeness (QED) is 0.477. The molecule has 2 N–H and O–H groups in total. The van der Waals surface area contributed by atoms with E-state index >= 15 is 0 Å². The highest BCUT2D eigenvalue weighted by Crippen LogP contribution is 2.23. The van der Waals surface area contributed by atoms with Gasteiger partial charge in [-0.3, -0.25) is 4.79 Å². The van der Waals surface area contributed by atoms with Crippen LogP contribution in [0.15, 0.2) is 72.8 Å². The number of nitrogens with one attached hydrogen (secondary N) is 1. The fourth-order valence-electron chi connectivity index (χ4n) is 2.71. The van der Waals surface area contributed by atoms with Gasteiger partial charge in [0.2, 0.25) is 0 Å². The van der Waals surface area contributed by atoms with Crippen LogP contribution in [0.2, 0.25) is 0 Å². The van der Waals surface area contributed by atoms with Gasteiger partial charge in [0.05, 0.1) is 11.3 Å². The molecule has 0 aliphatic carbocycles.